The molecule has 0 spiro atoms. The zero-order valence-corrected chi connectivity index (χ0v) is 10.4. The summed E-state index contributed by atoms with van der Waals surface area (Å²) in [6.45, 7) is 1.26. The van der Waals surface area contributed by atoms with Crippen molar-refractivity contribution in [2.24, 2.45) is 0 Å². The van der Waals surface area contributed by atoms with E-state index >= 15 is 0 Å². The number of hydrogen-bond acceptors (Lipinski definition) is 2. The van der Waals surface area contributed by atoms with Gasteiger partial charge in [-0.2, -0.15) is 0 Å². The molecule has 1 aromatic rings. The molecule has 2 N–H and O–H groups in total. The average Bonchev–Trinajstić information content (AvgIpc) is 2.18. The zero-order chi connectivity index (χ0) is 11.7. The number of phenols is 1. The van der Waals surface area contributed by atoms with Crippen LogP contribution in [0.25, 0.3) is 0 Å². The highest BCUT2D eigenvalue weighted by Crippen LogP contribution is 2.48. The summed E-state index contributed by atoms with van der Waals surface area (Å²) in [7, 11) is 0. The number of carbonyl (C=O) groups is 1. The van der Waals surface area contributed by atoms with Crippen LogP contribution in [0, 0.1) is 0 Å². The van der Waals surface area contributed by atoms with E-state index in [0.29, 0.717) is 0 Å². The van der Waals surface area contributed by atoms with Crippen LogP contribution in [0.1, 0.15) is 6.92 Å². The minimum absolute atomic E-state index is 0.0233. The van der Waals surface area contributed by atoms with Crippen molar-refractivity contribution in [1.82, 2.24) is 0 Å². The maximum Gasteiger partial charge on any atom is 0.221 e. The van der Waals surface area contributed by atoms with Crippen molar-refractivity contribution < 1.29 is 9.90 Å². The van der Waals surface area contributed by atoms with Crippen LogP contribution in [-0.2, 0) is 4.79 Å². The van der Waals surface area contributed by atoms with Crippen molar-refractivity contribution in [2.45, 2.75) is 6.92 Å². The van der Waals surface area contributed by atoms with Crippen LogP contribution in [0.15, 0.2) is 0 Å². The van der Waals surface area contributed by atoms with Gasteiger partial charge in [0.15, 0.2) is 5.75 Å². The molecule has 1 aromatic carbocycles. The Kier molecular flexibility index (Phi) is 3.95. The van der Waals surface area contributed by atoms with Gasteiger partial charge in [-0.15, -0.1) is 0 Å². The van der Waals surface area contributed by atoms with Gasteiger partial charge in [0, 0.05) is 6.92 Å². The van der Waals surface area contributed by atoms with Gasteiger partial charge < -0.3 is 10.4 Å². The fraction of sp³-hybridized carbons (Fsp3) is 0.125. The van der Waals surface area contributed by atoms with Gasteiger partial charge in [0.1, 0.15) is 10.7 Å². The molecule has 7 heteroatoms. The summed E-state index contributed by atoms with van der Waals surface area (Å²) in [4.78, 5) is 10.8. The minimum atomic E-state index is -0.415. The topological polar surface area (TPSA) is 49.3 Å². The summed E-state index contributed by atoms with van der Waals surface area (Å²) in [6.07, 6.45) is 0. The number of rotatable bonds is 1. The molecule has 0 fully saturated rings. The number of anilines is 1. The molecule has 0 bridgehead atoms. The lowest BCUT2D eigenvalue weighted by Gasteiger charge is -2.12. The van der Waals surface area contributed by atoms with E-state index in [1.54, 1.807) is 0 Å². The molecular formula is C8H5Cl4NO2. The number of amides is 1. The van der Waals surface area contributed by atoms with Crippen LogP contribution in [-0.4, -0.2) is 11.0 Å². The number of benzene rings is 1. The number of nitrogens with one attached hydrogen (secondary N) is 1. The molecule has 1 rings (SSSR count). The molecule has 0 unspecified atom stereocenters. The first kappa shape index (κ1) is 12.7. The van der Waals surface area contributed by atoms with E-state index < -0.39 is 11.7 Å². The van der Waals surface area contributed by atoms with E-state index in [9.17, 15) is 9.90 Å². The van der Waals surface area contributed by atoms with Gasteiger partial charge in [0.2, 0.25) is 5.91 Å². The first-order valence-electron chi connectivity index (χ1n) is 3.68. The fourth-order valence-corrected chi connectivity index (χ4v) is 1.80. The van der Waals surface area contributed by atoms with E-state index in [-0.39, 0.29) is 25.8 Å². The molecule has 82 valence electrons. The van der Waals surface area contributed by atoms with E-state index in [1.165, 1.54) is 6.92 Å². The van der Waals surface area contributed by atoms with Crippen LogP contribution in [0.5, 0.6) is 5.75 Å². The lowest BCUT2D eigenvalue weighted by atomic mass is 10.3. The Bertz CT molecular complexity index is 404. The van der Waals surface area contributed by atoms with Gasteiger partial charge in [-0.25, -0.2) is 0 Å². The van der Waals surface area contributed by atoms with Crippen LogP contribution in [0.3, 0.4) is 0 Å². The summed E-state index contributed by atoms with van der Waals surface area (Å²) < 4.78 is 0. The summed E-state index contributed by atoms with van der Waals surface area (Å²) in [5.74, 6) is -0.826. The quantitative estimate of drug-likeness (QED) is 0.467. The molecule has 0 saturated carbocycles. The standard InChI is InChI=1S/C8H5Cl4NO2/c1-2(14)13-7-5(11)3(9)4(10)6(12)8(7)15/h15H,1H3,(H,13,14). The minimum Gasteiger partial charge on any atom is -0.504 e. The monoisotopic (exact) mass is 287 g/mol. The first-order valence-corrected chi connectivity index (χ1v) is 5.20. The van der Waals surface area contributed by atoms with Gasteiger partial charge in [0.05, 0.1) is 15.1 Å². The van der Waals surface area contributed by atoms with Crippen molar-refractivity contribution >= 4 is 58.0 Å². The maximum atomic E-state index is 10.8. The highest BCUT2D eigenvalue weighted by atomic mass is 35.5. The largest absolute Gasteiger partial charge is 0.504 e. The third-order valence-corrected chi connectivity index (χ3v) is 3.34. The van der Waals surface area contributed by atoms with Gasteiger partial charge in [-0.1, -0.05) is 46.4 Å². The molecule has 3 nitrogen and oxygen atoms in total. The number of phenolic OH excluding ortho intramolecular Hbond substituents is 1. The van der Waals surface area contributed by atoms with Crippen LogP contribution >= 0.6 is 46.4 Å². The molecule has 0 radical (unpaired) electrons. The van der Waals surface area contributed by atoms with E-state index in [0.717, 1.165) is 0 Å². The van der Waals surface area contributed by atoms with E-state index in [2.05, 4.69) is 5.32 Å². The number of aromatic hydroxyl groups is 1. The molecular weight excluding hydrogens is 284 g/mol. The Labute approximate surface area is 106 Å². The van der Waals surface area contributed by atoms with Gasteiger partial charge in [-0.3, -0.25) is 4.79 Å². The van der Waals surface area contributed by atoms with Gasteiger partial charge >= 0.3 is 0 Å². The van der Waals surface area contributed by atoms with Gasteiger partial charge in [0.25, 0.3) is 0 Å². The highest BCUT2D eigenvalue weighted by molar-refractivity contribution is 6.53. The molecule has 0 aromatic heterocycles. The Balaban J connectivity index is 3.45. The third-order valence-electron chi connectivity index (χ3n) is 1.54. The van der Waals surface area contributed by atoms with E-state index in [4.69, 9.17) is 46.4 Å². The maximum absolute atomic E-state index is 10.8. The molecule has 15 heavy (non-hydrogen) atoms. The second-order valence-corrected chi connectivity index (χ2v) is 4.17. The van der Waals surface area contributed by atoms with Crippen LogP contribution < -0.4 is 5.32 Å². The Hall–Kier alpha value is -0.350. The Morgan fingerprint density at radius 1 is 1.07 bits per heavy atom. The van der Waals surface area contributed by atoms with Crippen molar-refractivity contribution in [3.8, 4) is 5.75 Å². The molecule has 0 saturated heterocycles. The Morgan fingerprint density at radius 3 is 2.00 bits per heavy atom. The lowest BCUT2D eigenvalue weighted by molar-refractivity contribution is -0.114. The zero-order valence-electron chi connectivity index (χ0n) is 7.37. The van der Waals surface area contributed by atoms with Crippen molar-refractivity contribution in [3.63, 3.8) is 0 Å². The predicted molar refractivity (Wildman–Crippen MR) is 62.5 cm³/mol. The molecule has 0 atom stereocenters. The summed E-state index contributed by atoms with van der Waals surface area (Å²) >= 11 is 22.8. The second-order valence-electron chi connectivity index (χ2n) is 2.66. The molecule has 0 heterocycles. The SMILES string of the molecule is CC(=O)Nc1c(O)c(Cl)c(Cl)c(Cl)c1Cl. The van der Waals surface area contributed by atoms with Gasteiger partial charge in [-0.05, 0) is 0 Å². The number of carbonyl (C=O) groups excluding carboxylic acids is 1. The van der Waals surface area contributed by atoms with E-state index in [1.807, 2.05) is 0 Å². The highest BCUT2D eigenvalue weighted by Gasteiger charge is 2.20. The predicted octanol–water partition coefficient (Wildman–Crippen LogP) is 3.96. The van der Waals surface area contributed by atoms with Crippen molar-refractivity contribution in [3.05, 3.63) is 20.1 Å². The molecule has 0 aliphatic carbocycles. The average molecular weight is 289 g/mol. The van der Waals surface area contributed by atoms with Crippen LogP contribution in [0.2, 0.25) is 20.1 Å². The normalized spacial score (nSPS) is 10.2. The number of hydrogen-bond donors (Lipinski definition) is 2. The van der Waals surface area contributed by atoms with Crippen molar-refractivity contribution in [1.29, 1.82) is 0 Å². The smallest absolute Gasteiger partial charge is 0.221 e. The lowest BCUT2D eigenvalue weighted by Crippen LogP contribution is -2.07. The Morgan fingerprint density at radius 2 is 1.53 bits per heavy atom. The number of halogens is 4. The van der Waals surface area contributed by atoms with Crippen LogP contribution in [0.4, 0.5) is 5.69 Å². The van der Waals surface area contributed by atoms with Crippen molar-refractivity contribution in [2.75, 3.05) is 5.32 Å². The molecule has 0 aliphatic rings. The molecule has 0 aliphatic heterocycles. The molecule has 1 amide bonds. The summed E-state index contributed by atoms with van der Waals surface area (Å²) in [5, 5.41) is 11.6. The summed E-state index contributed by atoms with van der Waals surface area (Å²) in [6, 6.07) is 0. The first-order chi connectivity index (χ1) is 6.86. The summed E-state index contributed by atoms with van der Waals surface area (Å²) in [5.41, 5.74) is -0.0523. The third kappa shape index (κ3) is 2.42. The fourth-order valence-electron chi connectivity index (χ4n) is 0.910. The second kappa shape index (κ2) is 4.66.